The summed E-state index contributed by atoms with van der Waals surface area (Å²) >= 11 is 0. The first kappa shape index (κ1) is 18.8. The highest BCUT2D eigenvalue weighted by molar-refractivity contribution is 5.91. The first-order valence-electron chi connectivity index (χ1n) is 9.18. The molecule has 3 rings (SSSR count). The Morgan fingerprint density at radius 2 is 1.88 bits per heavy atom. The molecule has 1 aromatic heterocycles. The van der Waals surface area contributed by atoms with Gasteiger partial charge in [-0.2, -0.15) is 4.98 Å². The molecule has 2 aliphatic rings. The highest BCUT2D eigenvalue weighted by Crippen LogP contribution is 2.58. The van der Waals surface area contributed by atoms with Crippen LogP contribution < -0.4 is 5.32 Å². The van der Waals surface area contributed by atoms with Crippen molar-refractivity contribution in [2.24, 2.45) is 23.2 Å². The normalized spacial score (nSPS) is 26.5. The van der Waals surface area contributed by atoms with Crippen molar-refractivity contribution >= 4 is 11.9 Å². The van der Waals surface area contributed by atoms with Crippen molar-refractivity contribution in [2.45, 2.75) is 52.5 Å². The fourth-order valence-electron chi connectivity index (χ4n) is 3.87. The Kier molecular flexibility index (Phi) is 5.05. The number of carboxylic acid groups (broad SMARTS) is 1. The average molecular weight is 365 g/mol. The molecular formula is C18H27N3O5. The van der Waals surface area contributed by atoms with Gasteiger partial charge in [0.05, 0.1) is 11.8 Å². The van der Waals surface area contributed by atoms with Crippen LogP contribution in [0.4, 0.5) is 0 Å². The molecule has 1 saturated heterocycles. The van der Waals surface area contributed by atoms with Gasteiger partial charge >= 0.3 is 5.97 Å². The molecule has 2 heterocycles. The van der Waals surface area contributed by atoms with E-state index in [4.69, 9.17) is 9.26 Å². The largest absolute Gasteiger partial charge is 0.481 e. The molecule has 0 aromatic carbocycles. The molecule has 8 heteroatoms. The van der Waals surface area contributed by atoms with Gasteiger partial charge in [0, 0.05) is 19.1 Å². The molecule has 1 saturated carbocycles. The summed E-state index contributed by atoms with van der Waals surface area (Å²) in [7, 11) is 0. The van der Waals surface area contributed by atoms with E-state index >= 15 is 0 Å². The van der Waals surface area contributed by atoms with Crippen LogP contribution in [0.5, 0.6) is 0 Å². The zero-order valence-electron chi connectivity index (χ0n) is 15.7. The molecule has 26 heavy (non-hydrogen) atoms. The van der Waals surface area contributed by atoms with Crippen molar-refractivity contribution in [1.82, 2.24) is 15.5 Å². The standard InChI is InChI=1S/C18H27N3O5/c1-9(2)14-20-16(26-21-14)13(10-5-7-25-8-6-10)19-15(22)11-12(17(23)24)18(11,3)4/h9-13H,5-8H2,1-4H3,(H,19,22)(H,23,24)/t11-,12+,13?/m0/s1. The maximum atomic E-state index is 12.8. The molecule has 3 atom stereocenters. The number of nitrogens with zero attached hydrogens (tertiary/aromatic N) is 2. The monoisotopic (exact) mass is 365 g/mol. The Labute approximate surface area is 152 Å². The molecule has 1 aromatic rings. The van der Waals surface area contributed by atoms with Gasteiger partial charge in [-0.15, -0.1) is 0 Å². The van der Waals surface area contributed by atoms with E-state index in [2.05, 4.69) is 15.5 Å². The number of carbonyl (C=O) groups excluding carboxylic acids is 1. The third-order valence-electron chi connectivity index (χ3n) is 5.65. The van der Waals surface area contributed by atoms with Gasteiger partial charge in [-0.3, -0.25) is 9.59 Å². The summed E-state index contributed by atoms with van der Waals surface area (Å²) in [4.78, 5) is 28.7. The van der Waals surface area contributed by atoms with Gasteiger partial charge < -0.3 is 19.7 Å². The van der Waals surface area contributed by atoms with Gasteiger partial charge in [0.15, 0.2) is 5.82 Å². The summed E-state index contributed by atoms with van der Waals surface area (Å²) in [6.07, 6.45) is 1.56. The number of nitrogens with one attached hydrogen (secondary N) is 1. The molecule has 0 spiro atoms. The van der Waals surface area contributed by atoms with E-state index in [1.54, 1.807) is 0 Å². The van der Waals surface area contributed by atoms with E-state index in [-0.39, 0.29) is 17.7 Å². The number of aliphatic carboxylic acids is 1. The first-order valence-corrected chi connectivity index (χ1v) is 9.18. The second kappa shape index (κ2) is 6.98. The van der Waals surface area contributed by atoms with Crippen LogP contribution >= 0.6 is 0 Å². The summed E-state index contributed by atoms with van der Waals surface area (Å²) in [6, 6.07) is -0.419. The van der Waals surface area contributed by atoms with Crippen LogP contribution in [0.25, 0.3) is 0 Å². The van der Waals surface area contributed by atoms with Gasteiger partial charge in [-0.1, -0.05) is 32.9 Å². The minimum atomic E-state index is -0.933. The molecule has 1 aliphatic heterocycles. The molecule has 1 amide bonds. The Morgan fingerprint density at radius 1 is 1.23 bits per heavy atom. The van der Waals surface area contributed by atoms with Crippen LogP contribution in [0.3, 0.4) is 0 Å². The zero-order chi connectivity index (χ0) is 19.1. The molecule has 0 radical (unpaired) electrons. The number of carboxylic acids is 1. The van der Waals surface area contributed by atoms with E-state index < -0.39 is 29.3 Å². The van der Waals surface area contributed by atoms with Crippen molar-refractivity contribution in [3.63, 3.8) is 0 Å². The van der Waals surface area contributed by atoms with Crippen LogP contribution in [0, 0.1) is 23.2 Å². The van der Waals surface area contributed by atoms with Gasteiger partial charge in [0.1, 0.15) is 6.04 Å². The number of amides is 1. The number of ether oxygens (including phenoxy) is 1. The number of aromatic nitrogens is 2. The maximum absolute atomic E-state index is 12.8. The summed E-state index contributed by atoms with van der Waals surface area (Å²) in [5.74, 6) is -1.17. The van der Waals surface area contributed by atoms with Gasteiger partial charge in [-0.05, 0) is 24.2 Å². The number of hydrogen-bond donors (Lipinski definition) is 2. The van der Waals surface area contributed by atoms with Gasteiger partial charge in [0.25, 0.3) is 0 Å². The van der Waals surface area contributed by atoms with Crippen molar-refractivity contribution in [3.8, 4) is 0 Å². The molecule has 8 nitrogen and oxygen atoms in total. The Bertz CT molecular complexity index is 678. The lowest BCUT2D eigenvalue weighted by Gasteiger charge is -2.28. The van der Waals surface area contributed by atoms with E-state index in [9.17, 15) is 14.7 Å². The SMILES string of the molecule is CC(C)c1noc(C(NC(=O)[C@@H]2[C@H](C(=O)O)C2(C)C)C2CCOCC2)n1. The maximum Gasteiger partial charge on any atom is 0.307 e. The van der Waals surface area contributed by atoms with Crippen LogP contribution in [0.15, 0.2) is 4.52 Å². The summed E-state index contributed by atoms with van der Waals surface area (Å²) in [5, 5.41) is 16.3. The third-order valence-corrected chi connectivity index (χ3v) is 5.65. The van der Waals surface area contributed by atoms with Crippen molar-refractivity contribution in [1.29, 1.82) is 0 Å². The van der Waals surface area contributed by atoms with E-state index in [1.807, 2.05) is 27.7 Å². The van der Waals surface area contributed by atoms with E-state index in [0.717, 1.165) is 12.8 Å². The lowest BCUT2D eigenvalue weighted by molar-refractivity contribution is -0.140. The van der Waals surface area contributed by atoms with Gasteiger partial charge in [-0.25, -0.2) is 0 Å². The summed E-state index contributed by atoms with van der Waals surface area (Å²) < 4.78 is 10.9. The summed E-state index contributed by atoms with van der Waals surface area (Å²) in [5.41, 5.74) is -0.548. The fraction of sp³-hybridized carbons (Fsp3) is 0.778. The molecular weight excluding hydrogens is 338 g/mol. The Morgan fingerprint density at radius 3 is 2.38 bits per heavy atom. The van der Waals surface area contributed by atoms with E-state index in [1.165, 1.54) is 0 Å². The van der Waals surface area contributed by atoms with Crippen molar-refractivity contribution < 1.29 is 24.0 Å². The van der Waals surface area contributed by atoms with Gasteiger partial charge in [0.2, 0.25) is 11.8 Å². The summed E-state index contributed by atoms with van der Waals surface area (Å²) in [6.45, 7) is 8.80. The van der Waals surface area contributed by atoms with Crippen LogP contribution in [0.1, 0.15) is 64.2 Å². The number of carbonyl (C=O) groups is 2. The molecule has 144 valence electrons. The molecule has 2 N–H and O–H groups in total. The van der Waals surface area contributed by atoms with Crippen LogP contribution in [-0.2, 0) is 14.3 Å². The molecule has 2 fully saturated rings. The third kappa shape index (κ3) is 3.47. The highest BCUT2D eigenvalue weighted by Gasteiger charge is 2.66. The predicted molar refractivity (Wildman–Crippen MR) is 91.2 cm³/mol. The molecule has 0 bridgehead atoms. The second-order valence-corrected chi connectivity index (χ2v) is 8.20. The Balaban J connectivity index is 1.79. The minimum absolute atomic E-state index is 0.122. The minimum Gasteiger partial charge on any atom is -0.481 e. The van der Waals surface area contributed by atoms with Crippen molar-refractivity contribution in [3.05, 3.63) is 11.7 Å². The molecule has 1 unspecified atom stereocenters. The average Bonchev–Trinajstić information content (AvgIpc) is 2.95. The number of hydrogen-bond acceptors (Lipinski definition) is 6. The van der Waals surface area contributed by atoms with Crippen molar-refractivity contribution in [2.75, 3.05) is 13.2 Å². The number of rotatable bonds is 6. The first-order chi connectivity index (χ1) is 12.2. The molecule has 1 aliphatic carbocycles. The van der Waals surface area contributed by atoms with E-state index in [0.29, 0.717) is 24.9 Å². The Hall–Kier alpha value is -1.96. The fourth-order valence-corrected chi connectivity index (χ4v) is 3.87. The van der Waals surface area contributed by atoms with Crippen LogP contribution in [0.2, 0.25) is 0 Å². The smallest absolute Gasteiger partial charge is 0.307 e. The lowest BCUT2D eigenvalue weighted by atomic mass is 9.91. The quantitative estimate of drug-likeness (QED) is 0.793. The predicted octanol–water partition coefficient (Wildman–Crippen LogP) is 2.13. The second-order valence-electron chi connectivity index (χ2n) is 8.20. The lowest BCUT2D eigenvalue weighted by Crippen LogP contribution is -2.38. The highest BCUT2D eigenvalue weighted by atomic mass is 16.5. The topological polar surface area (TPSA) is 115 Å². The zero-order valence-corrected chi connectivity index (χ0v) is 15.7. The van der Waals surface area contributed by atoms with Crippen LogP contribution in [-0.4, -0.2) is 40.3 Å².